The van der Waals surface area contributed by atoms with E-state index >= 15 is 0 Å². The highest BCUT2D eigenvalue weighted by Gasteiger charge is 2.30. The van der Waals surface area contributed by atoms with Gasteiger partial charge in [-0.3, -0.25) is 9.59 Å². The number of amides is 1. The lowest BCUT2D eigenvalue weighted by atomic mass is 9.81. The van der Waals surface area contributed by atoms with E-state index in [9.17, 15) is 9.59 Å². The number of carboxylic acid groups (broad SMARTS) is 1. The lowest BCUT2D eigenvalue weighted by molar-refractivity contribution is -0.143. The van der Waals surface area contributed by atoms with Crippen molar-refractivity contribution in [1.82, 2.24) is 10.1 Å². The molecule has 1 aromatic carbocycles. The van der Waals surface area contributed by atoms with Crippen molar-refractivity contribution in [2.75, 3.05) is 5.32 Å². The van der Waals surface area contributed by atoms with Gasteiger partial charge in [0, 0.05) is 17.5 Å². The zero-order valence-corrected chi connectivity index (χ0v) is 15.5. The van der Waals surface area contributed by atoms with Crippen LogP contribution in [-0.4, -0.2) is 27.1 Å². The molecule has 0 aliphatic heterocycles. The van der Waals surface area contributed by atoms with Gasteiger partial charge in [-0.25, -0.2) is 0 Å². The Bertz CT molecular complexity index is 836. The van der Waals surface area contributed by atoms with Crippen LogP contribution in [0.4, 0.5) is 5.69 Å². The van der Waals surface area contributed by atoms with Crippen molar-refractivity contribution in [2.45, 2.75) is 51.0 Å². The van der Waals surface area contributed by atoms with Crippen LogP contribution in [0.2, 0.25) is 0 Å². The first-order valence-electron chi connectivity index (χ1n) is 9.67. The maximum absolute atomic E-state index is 12.4. The molecule has 0 unspecified atom stereocenters. The molecule has 8 heteroatoms. The monoisotopic (exact) mass is 385 g/mol. The summed E-state index contributed by atoms with van der Waals surface area (Å²) in [6, 6.07) is 7.11. The molecule has 2 aliphatic rings. The zero-order chi connectivity index (χ0) is 19.5. The molecule has 2 aliphatic carbocycles. The molecule has 2 N–H and O–H groups in total. The van der Waals surface area contributed by atoms with Gasteiger partial charge in [0.25, 0.3) is 0 Å². The van der Waals surface area contributed by atoms with Crippen molar-refractivity contribution >= 4 is 17.6 Å². The van der Waals surface area contributed by atoms with Crippen molar-refractivity contribution in [3.63, 3.8) is 0 Å². The lowest BCUT2D eigenvalue weighted by Gasteiger charge is -2.25. The SMILES string of the molecule is O=C(O)C1CCC(C(=O)Nc2ccc(OCc3noc(C4CC4)n3)cc2)CC1. The molecule has 2 saturated carbocycles. The molecule has 2 aromatic rings. The van der Waals surface area contributed by atoms with Crippen LogP contribution in [0.3, 0.4) is 0 Å². The van der Waals surface area contributed by atoms with E-state index in [1.165, 1.54) is 0 Å². The Morgan fingerprint density at radius 3 is 2.39 bits per heavy atom. The third-order valence-electron chi connectivity index (χ3n) is 5.35. The van der Waals surface area contributed by atoms with E-state index in [1.54, 1.807) is 24.3 Å². The van der Waals surface area contributed by atoms with Crippen molar-refractivity contribution in [1.29, 1.82) is 0 Å². The summed E-state index contributed by atoms with van der Waals surface area (Å²) in [5.74, 6) is 1.01. The van der Waals surface area contributed by atoms with Crippen LogP contribution in [0.1, 0.15) is 56.2 Å². The average Bonchev–Trinajstić information content (AvgIpc) is 3.45. The number of ether oxygens (including phenoxy) is 1. The molecule has 4 rings (SSSR count). The van der Waals surface area contributed by atoms with Crippen LogP contribution in [0.5, 0.6) is 5.75 Å². The van der Waals surface area contributed by atoms with Crippen molar-refractivity contribution in [3.8, 4) is 5.75 Å². The Hall–Kier alpha value is -2.90. The molecule has 1 amide bonds. The highest BCUT2D eigenvalue weighted by molar-refractivity contribution is 5.92. The molecule has 0 bridgehead atoms. The number of rotatable bonds is 7. The minimum atomic E-state index is -0.765. The summed E-state index contributed by atoms with van der Waals surface area (Å²) in [6.07, 6.45) is 4.54. The average molecular weight is 385 g/mol. The van der Waals surface area contributed by atoms with Gasteiger partial charge in [0.1, 0.15) is 5.75 Å². The predicted octanol–water partition coefficient (Wildman–Crippen LogP) is 3.36. The molecular weight excluding hydrogens is 362 g/mol. The van der Waals surface area contributed by atoms with Crippen molar-refractivity contribution in [3.05, 3.63) is 36.0 Å². The zero-order valence-electron chi connectivity index (χ0n) is 15.5. The van der Waals surface area contributed by atoms with E-state index in [-0.39, 0.29) is 24.3 Å². The summed E-state index contributed by atoms with van der Waals surface area (Å²) < 4.78 is 10.9. The smallest absolute Gasteiger partial charge is 0.306 e. The standard InChI is InChI=1S/C20H23N3O5/c24-18(12-1-5-14(6-2-12)20(25)26)21-15-7-9-16(10-8-15)27-11-17-22-19(28-23-17)13-3-4-13/h7-10,12-14H,1-6,11H2,(H,21,24)(H,25,26). The Morgan fingerprint density at radius 1 is 1.07 bits per heavy atom. The fraction of sp³-hybridized carbons (Fsp3) is 0.500. The topological polar surface area (TPSA) is 115 Å². The van der Waals surface area contributed by atoms with Gasteiger partial charge < -0.3 is 19.7 Å². The number of carbonyl (C=O) groups excluding carboxylic acids is 1. The molecule has 0 radical (unpaired) electrons. The molecule has 0 spiro atoms. The molecule has 0 atom stereocenters. The van der Waals surface area contributed by atoms with E-state index in [0.29, 0.717) is 54.8 Å². The molecule has 1 heterocycles. The minimum Gasteiger partial charge on any atom is -0.485 e. The van der Waals surface area contributed by atoms with Crippen molar-refractivity contribution < 1.29 is 24.0 Å². The maximum Gasteiger partial charge on any atom is 0.306 e. The van der Waals surface area contributed by atoms with E-state index in [2.05, 4.69) is 15.5 Å². The molecule has 0 saturated heterocycles. The van der Waals surface area contributed by atoms with Gasteiger partial charge in [0.05, 0.1) is 5.92 Å². The number of hydrogen-bond donors (Lipinski definition) is 2. The number of nitrogens with one attached hydrogen (secondary N) is 1. The summed E-state index contributed by atoms with van der Waals surface area (Å²) in [6.45, 7) is 0.231. The minimum absolute atomic E-state index is 0.0584. The highest BCUT2D eigenvalue weighted by atomic mass is 16.5. The van der Waals surface area contributed by atoms with Gasteiger partial charge in [-0.05, 0) is 62.8 Å². The molecule has 2 fully saturated rings. The third kappa shape index (κ3) is 4.49. The molecular formula is C20H23N3O5. The first-order chi connectivity index (χ1) is 13.6. The first-order valence-corrected chi connectivity index (χ1v) is 9.67. The number of benzene rings is 1. The Balaban J connectivity index is 1.24. The number of nitrogens with zero attached hydrogens (tertiary/aromatic N) is 2. The van der Waals surface area contributed by atoms with Gasteiger partial charge in [-0.2, -0.15) is 4.98 Å². The van der Waals surface area contributed by atoms with E-state index in [1.807, 2.05) is 0 Å². The van der Waals surface area contributed by atoms with Gasteiger partial charge in [0.15, 0.2) is 6.61 Å². The summed E-state index contributed by atoms with van der Waals surface area (Å²) in [7, 11) is 0. The number of anilines is 1. The predicted molar refractivity (Wildman–Crippen MR) is 98.8 cm³/mol. The fourth-order valence-corrected chi connectivity index (χ4v) is 3.45. The van der Waals surface area contributed by atoms with Gasteiger partial charge in [0.2, 0.25) is 17.6 Å². The first kappa shape index (κ1) is 18.5. The van der Waals surface area contributed by atoms with Crippen LogP contribution in [-0.2, 0) is 16.2 Å². The van der Waals surface area contributed by atoms with Crippen LogP contribution in [0, 0.1) is 11.8 Å². The third-order valence-corrected chi connectivity index (χ3v) is 5.35. The Labute approximate surface area is 162 Å². The van der Waals surface area contributed by atoms with Crippen LogP contribution in [0.25, 0.3) is 0 Å². The van der Waals surface area contributed by atoms with Crippen LogP contribution >= 0.6 is 0 Å². The summed E-state index contributed by atoms with van der Waals surface area (Å²) in [4.78, 5) is 27.7. The lowest BCUT2D eigenvalue weighted by Crippen LogP contribution is -2.29. The molecule has 1 aromatic heterocycles. The molecule has 148 valence electrons. The summed E-state index contributed by atoms with van der Waals surface area (Å²) in [5, 5.41) is 15.9. The van der Waals surface area contributed by atoms with E-state index in [4.69, 9.17) is 14.4 Å². The highest BCUT2D eigenvalue weighted by Crippen LogP contribution is 2.38. The van der Waals surface area contributed by atoms with Gasteiger partial charge in [-0.1, -0.05) is 5.16 Å². The second kappa shape index (κ2) is 8.00. The maximum atomic E-state index is 12.4. The summed E-state index contributed by atoms with van der Waals surface area (Å²) in [5.41, 5.74) is 0.688. The number of hydrogen-bond acceptors (Lipinski definition) is 6. The van der Waals surface area contributed by atoms with E-state index < -0.39 is 5.97 Å². The van der Waals surface area contributed by atoms with Gasteiger partial charge in [-0.15, -0.1) is 0 Å². The van der Waals surface area contributed by atoms with E-state index in [0.717, 1.165) is 12.8 Å². The number of aliphatic carboxylic acids is 1. The second-order valence-corrected chi connectivity index (χ2v) is 7.51. The van der Waals surface area contributed by atoms with Crippen molar-refractivity contribution in [2.24, 2.45) is 11.8 Å². The number of aromatic nitrogens is 2. The quantitative estimate of drug-likeness (QED) is 0.751. The Kier molecular flexibility index (Phi) is 5.27. The van der Waals surface area contributed by atoms with Crippen LogP contribution < -0.4 is 10.1 Å². The largest absolute Gasteiger partial charge is 0.485 e. The Morgan fingerprint density at radius 2 is 1.75 bits per heavy atom. The number of carboxylic acids is 1. The summed E-state index contributed by atoms with van der Waals surface area (Å²) >= 11 is 0. The molecule has 28 heavy (non-hydrogen) atoms. The fourth-order valence-electron chi connectivity index (χ4n) is 3.45. The second-order valence-electron chi connectivity index (χ2n) is 7.51. The van der Waals surface area contributed by atoms with Crippen LogP contribution in [0.15, 0.2) is 28.8 Å². The normalized spacial score (nSPS) is 21.9. The molecule has 8 nitrogen and oxygen atoms in total. The van der Waals surface area contributed by atoms with Gasteiger partial charge >= 0.3 is 5.97 Å². The number of carbonyl (C=O) groups is 2.